The van der Waals surface area contributed by atoms with Gasteiger partial charge in [0.1, 0.15) is 6.04 Å². The van der Waals surface area contributed by atoms with E-state index in [1.54, 1.807) is 0 Å². The van der Waals surface area contributed by atoms with Crippen molar-refractivity contribution in [2.75, 3.05) is 13.1 Å². The number of nitrogens with zero attached hydrogens (tertiary/aromatic N) is 3. The van der Waals surface area contributed by atoms with Gasteiger partial charge in [0.05, 0.1) is 6.07 Å². The Morgan fingerprint density at radius 2 is 2.14 bits per heavy atom. The molecule has 3 fully saturated rings. The van der Waals surface area contributed by atoms with E-state index in [1.165, 1.54) is 31.5 Å². The largest absolute Gasteiger partial charge is 0.359 e. The minimum atomic E-state index is 0.0521. The normalized spacial score (nSPS) is 34.6. The molecule has 3 rings (SSSR count). The van der Waals surface area contributed by atoms with Crippen LogP contribution in [-0.4, -0.2) is 41.0 Å². The third kappa shape index (κ3) is 2.83. The van der Waals surface area contributed by atoms with Gasteiger partial charge in [-0.3, -0.25) is 4.90 Å². The van der Waals surface area contributed by atoms with E-state index in [-0.39, 0.29) is 6.04 Å². The zero-order chi connectivity index (χ0) is 15.2. The molecule has 2 heterocycles. The smallest absolute Gasteiger partial charge is 0.117 e. The summed E-state index contributed by atoms with van der Waals surface area (Å²) in [5.41, 5.74) is 1.83. The molecule has 1 saturated carbocycles. The number of likely N-dealkylation sites (tertiary alicyclic amines) is 2. The van der Waals surface area contributed by atoms with Crippen LogP contribution in [-0.2, 0) is 0 Å². The zero-order valence-corrected chi connectivity index (χ0v) is 13.8. The molecule has 116 valence electrons. The molecule has 0 aromatic heterocycles. The molecule has 3 aliphatic rings. The first kappa shape index (κ1) is 14.9. The highest BCUT2D eigenvalue weighted by molar-refractivity contribution is 5.13. The number of rotatable bonds is 4. The fraction of sp³-hybridized carbons (Fsp3) is 0.833. The molecule has 1 aliphatic carbocycles. The van der Waals surface area contributed by atoms with Crippen molar-refractivity contribution in [3.05, 3.63) is 12.3 Å². The first-order valence-corrected chi connectivity index (χ1v) is 8.54. The highest BCUT2D eigenvalue weighted by atomic mass is 15.2. The standard InChI is InChI=1S/C18H29N3/c1-13(2)21-12-18(5-6-18)9-16(21)8-15(4)20-11-14(3)7-17(20)10-19/h13-14,16-17H,4-9,11-12H2,1-3H3. The van der Waals surface area contributed by atoms with Crippen LogP contribution in [0.15, 0.2) is 12.3 Å². The van der Waals surface area contributed by atoms with Crippen LogP contribution in [0.1, 0.15) is 52.9 Å². The van der Waals surface area contributed by atoms with Gasteiger partial charge in [-0.2, -0.15) is 5.26 Å². The average Bonchev–Trinajstić information content (AvgIpc) is 2.91. The summed E-state index contributed by atoms with van der Waals surface area (Å²) in [4.78, 5) is 4.96. The molecule has 0 N–H and O–H groups in total. The Bertz CT molecular complexity index is 458. The first-order chi connectivity index (χ1) is 9.94. The molecule has 3 unspecified atom stereocenters. The molecular weight excluding hydrogens is 258 g/mol. The van der Waals surface area contributed by atoms with E-state index in [1.807, 2.05) is 0 Å². The van der Waals surface area contributed by atoms with Crippen molar-refractivity contribution in [3.63, 3.8) is 0 Å². The Morgan fingerprint density at radius 1 is 1.43 bits per heavy atom. The van der Waals surface area contributed by atoms with Crippen molar-refractivity contribution in [3.8, 4) is 6.07 Å². The van der Waals surface area contributed by atoms with E-state index in [4.69, 9.17) is 0 Å². The second kappa shape index (κ2) is 5.32. The Labute approximate surface area is 129 Å². The fourth-order valence-corrected chi connectivity index (χ4v) is 4.44. The number of hydrogen-bond acceptors (Lipinski definition) is 3. The molecule has 0 aromatic rings. The average molecular weight is 287 g/mol. The van der Waals surface area contributed by atoms with E-state index < -0.39 is 0 Å². The quantitative estimate of drug-likeness (QED) is 0.794. The second-order valence-electron chi connectivity index (χ2n) is 8.03. The zero-order valence-electron chi connectivity index (χ0n) is 13.8. The van der Waals surface area contributed by atoms with Crippen LogP contribution in [0.4, 0.5) is 0 Å². The van der Waals surface area contributed by atoms with Gasteiger partial charge in [0.2, 0.25) is 0 Å². The SMILES string of the molecule is C=C(CC1CC2(CC2)CN1C(C)C)N1CC(C)CC1C#N. The summed E-state index contributed by atoms with van der Waals surface area (Å²) >= 11 is 0. The predicted molar refractivity (Wildman–Crippen MR) is 85.6 cm³/mol. The van der Waals surface area contributed by atoms with Crippen molar-refractivity contribution in [2.45, 2.75) is 71.0 Å². The fourth-order valence-electron chi connectivity index (χ4n) is 4.44. The Balaban J connectivity index is 1.65. The van der Waals surface area contributed by atoms with E-state index in [9.17, 15) is 5.26 Å². The lowest BCUT2D eigenvalue weighted by Gasteiger charge is -2.32. The van der Waals surface area contributed by atoms with Gasteiger partial charge in [-0.1, -0.05) is 13.5 Å². The Morgan fingerprint density at radius 3 is 2.71 bits per heavy atom. The maximum Gasteiger partial charge on any atom is 0.117 e. The molecule has 0 bridgehead atoms. The highest BCUT2D eigenvalue weighted by Crippen LogP contribution is 2.56. The second-order valence-corrected chi connectivity index (χ2v) is 8.03. The van der Waals surface area contributed by atoms with Gasteiger partial charge in [-0.15, -0.1) is 0 Å². The molecule has 1 spiro atoms. The van der Waals surface area contributed by atoms with Crippen molar-refractivity contribution in [1.29, 1.82) is 5.26 Å². The van der Waals surface area contributed by atoms with Crippen LogP contribution in [0, 0.1) is 22.7 Å². The van der Waals surface area contributed by atoms with Gasteiger partial charge >= 0.3 is 0 Å². The minimum Gasteiger partial charge on any atom is -0.359 e. The van der Waals surface area contributed by atoms with Crippen molar-refractivity contribution >= 4 is 0 Å². The minimum absolute atomic E-state index is 0.0521. The summed E-state index contributed by atoms with van der Waals surface area (Å²) < 4.78 is 0. The molecule has 0 radical (unpaired) electrons. The van der Waals surface area contributed by atoms with Crippen molar-refractivity contribution in [2.24, 2.45) is 11.3 Å². The lowest BCUT2D eigenvalue weighted by atomic mass is 10.00. The molecule has 2 saturated heterocycles. The Kier molecular flexibility index (Phi) is 3.78. The number of nitriles is 1. The summed E-state index contributed by atoms with van der Waals surface area (Å²) in [5, 5.41) is 9.35. The molecule has 3 nitrogen and oxygen atoms in total. The molecular formula is C18H29N3. The van der Waals surface area contributed by atoms with E-state index in [0.717, 1.165) is 19.4 Å². The van der Waals surface area contributed by atoms with Crippen LogP contribution in [0.25, 0.3) is 0 Å². The highest BCUT2D eigenvalue weighted by Gasteiger charge is 2.52. The van der Waals surface area contributed by atoms with Gasteiger partial charge in [0.15, 0.2) is 0 Å². The van der Waals surface area contributed by atoms with E-state index >= 15 is 0 Å². The van der Waals surface area contributed by atoms with Gasteiger partial charge in [0.25, 0.3) is 0 Å². The predicted octanol–water partition coefficient (Wildman–Crippen LogP) is 3.39. The Hall–Kier alpha value is -1.01. The molecule has 3 atom stereocenters. The van der Waals surface area contributed by atoms with Gasteiger partial charge < -0.3 is 4.90 Å². The van der Waals surface area contributed by atoms with Gasteiger partial charge in [-0.25, -0.2) is 0 Å². The molecule has 0 aromatic carbocycles. The van der Waals surface area contributed by atoms with E-state index in [0.29, 0.717) is 23.4 Å². The molecule has 0 amide bonds. The first-order valence-electron chi connectivity index (χ1n) is 8.54. The maximum atomic E-state index is 9.35. The summed E-state index contributed by atoms with van der Waals surface area (Å²) in [6, 6.07) is 3.77. The monoisotopic (exact) mass is 287 g/mol. The third-order valence-corrected chi connectivity index (χ3v) is 5.81. The van der Waals surface area contributed by atoms with Crippen molar-refractivity contribution < 1.29 is 0 Å². The lowest BCUT2D eigenvalue weighted by molar-refractivity contribution is 0.188. The molecule has 2 aliphatic heterocycles. The summed E-state index contributed by atoms with van der Waals surface area (Å²) in [5.74, 6) is 0.617. The third-order valence-electron chi connectivity index (χ3n) is 5.81. The summed E-state index contributed by atoms with van der Waals surface area (Å²) in [6.45, 7) is 13.5. The van der Waals surface area contributed by atoms with Crippen LogP contribution in [0.2, 0.25) is 0 Å². The van der Waals surface area contributed by atoms with Crippen LogP contribution in [0.5, 0.6) is 0 Å². The van der Waals surface area contributed by atoms with Crippen LogP contribution in [0.3, 0.4) is 0 Å². The molecule has 3 heteroatoms. The van der Waals surface area contributed by atoms with E-state index in [2.05, 4.69) is 43.2 Å². The maximum absolute atomic E-state index is 9.35. The summed E-state index contributed by atoms with van der Waals surface area (Å²) in [7, 11) is 0. The topological polar surface area (TPSA) is 30.3 Å². The number of hydrogen-bond donors (Lipinski definition) is 0. The van der Waals surface area contributed by atoms with Crippen LogP contribution >= 0.6 is 0 Å². The van der Waals surface area contributed by atoms with Gasteiger partial charge in [0, 0.05) is 37.3 Å². The molecule has 21 heavy (non-hydrogen) atoms. The lowest BCUT2D eigenvalue weighted by Crippen LogP contribution is -2.38. The summed E-state index contributed by atoms with van der Waals surface area (Å²) in [6.07, 6.45) is 6.22. The van der Waals surface area contributed by atoms with Gasteiger partial charge in [-0.05, 0) is 50.9 Å². The van der Waals surface area contributed by atoms with Crippen LogP contribution < -0.4 is 0 Å². The van der Waals surface area contributed by atoms with Crippen molar-refractivity contribution in [1.82, 2.24) is 9.80 Å².